The number of nitrogens with zero attached hydrogens (tertiary/aromatic N) is 7. The molecule has 6 aromatic heterocycles. The normalized spacial score (nSPS) is 11.5. The zero-order valence-electron chi connectivity index (χ0n) is 16.8. The number of hydrogen-bond acceptors (Lipinski definition) is 6. The van der Waals surface area contributed by atoms with Gasteiger partial charge in [-0.25, -0.2) is 19.9 Å². The molecular formula is C22H17N9. The molecule has 6 rings (SSSR count). The van der Waals surface area contributed by atoms with Crippen LogP contribution in [0, 0.1) is 13.8 Å². The highest BCUT2D eigenvalue weighted by molar-refractivity contribution is 5.92. The van der Waals surface area contributed by atoms with E-state index in [-0.39, 0.29) is 0 Å². The van der Waals surface area contributed by atoms with Gasteiger partial charge in [-0.2, -0.15) is 5.10 Å². The van der Waals surface area contributed by atoms with Crippen molar-refractivity contribution in [3.8, 4) is 28.5 Å². The summed E-state index contributed by atoms with van der Waals surface area (Å²) in [5.41, 5.74) is 8.42. The van der Waals surface area contributed by atoms with Crippen molar-refractivity contribution in [3.63, 3.8) is 0 Å². The Morgan fingerprint density at radius 1 is 0.968 bits per heavy atom. The average molecular weight is 407 g/mol. The van der Waals surface area contributed by atoms with Crippen molar-refractivity contribution >= 4 is 22.2 Å². The second-order valence-electron chi connectivity index (χ2n) is 7.39. The van der Waals surface area contributed by atoms with Gasteiger partial charge in [0.25, 0.3) is 0 Å². The van der Waals surface area contributed by atoms with Crippen LogP contribution in [-0.2, 0) is 0 Å². The Morgan fingerprint density at radius 2 is 1.90 bits per heavy atom. The van der Waals surface area contributed by atoms with Crippen molar-refractivity contribution in [1.29, 1.82) is 0 Å². The maximum absolute atomic E-state index is 4.87. The summed E-state index contributed by atoms with van der Waals surface area (Å²) in [6.45, 7) is 4.00. The highest BCUT2D eigenvalue weighted by Crippen LogP contribution is 2.29. The quantitative estimate of drug-likeness (QED) is 0.462. The predicted octanol–water partition coefficient (Wildman–Crippen LogP) is 3.76. The third kappa shape index (κ3) is 2.78. The van der Waals surface area contributed by atoms with Crippen LogP contribution in [0.4, 0.5) is 0 Å². The van der Waals surface area contributed by atoms with E-state index in [2.05, 4.69) is 35.1 Å². The first-order chi connectivity index (χ1) is 15.2. The molecule has 9 heteroatoms. The number of aromatic nitrogens is 9. The standard InChI is InChI=1S/C22H17N9/c1-12-5-7-23-9-14(12)15-3-4-16-18(26-15)20(30-29-16)22-27-19-17(6-8-24-21(19)28-22)31-10-13(2)25-11-31/h3-11H,1-2H3,(H,29,30)(H,24,27,28). The van der Waals surface area contributed by atoms with Gasteiger partial charge in [-0.1, -0.05) is 0 Å². The van der Waals surface area contributed by atoms with E-state index >= 15 is 0 Å². The van der Waals surface area contributed by atoms with Crippen LogP contribution in [0.25, 0.3) is 50.7 Å². The van der Waals surface area contributed by atoms with Crippen LogP contribution < -0.4 is 0 Å². The number of H-pyrrole nitrogens is 2. The SMILES string of the molecule is Cc1cn(-c2ccnc3nc(-c4n[nH]c5ccc(-c6cnccc6C)nc45)[nH]c23)cn1. The van der Waals surface area contributed by atoms with Crippen molar-refractivity contribution in [2.45, 2.75) is 13.8 Å². The summed E-state index contributed by atoms with van der Waals surface area (Å²) in [4.78, 5) is 25.9. The fraction of sp³-hybridized carbons (Fsp3) is 0.0909. The summed E-state index contributed by atoms with van der Waals surface area (Å²) in [5.74, 6) is 0.602. The van der Waals surface area contributed by atoms with Crippen molar-refractivity contribution in [1.82, 2.24) is 44.7 Å². The molecule has 0 spiro atoms. The molecular weight excluding hydrogens is 390 g/mol. The van der Waals surface area contributed by atoms with E-state index in [0.717, 1.165) is 44.8 Å². The van der Waals surface area contributed by atoms with Gasteiger partial charge in [-0.15, -0.1) is 0 Å². The van der Waals surface area contributed by atoms with Crippen LogP contribution in [0.1, 0.15) is 11.3 Å². The molecule has 150 valence electrons. The summed E-state index contributed by atoms with van der Waals surface area (Å²) >= 11 is 0. The Morgan fingerprint density at radius 3 is 2.74 bits per heavy atom. The zero-order valence-corrected chi connectivity index (χ0v) is 16.8. The molecule has 0 bridgehead atoms. The highest BCUT2D eigenvalue weighted by atomic mass is 15.2. The van der Waals surface area contributed by atoms with Crippen molar-refractivity contribution in [3.05, 3.63) is 66.6 Å². The third-order valence-electron chi connectivity index (χ3n) is 5.31. The minimum atomic E-state index is 0.602. The number of aromatic amines is 2. The van der Waals surface area contributed by atoms with Crippen LogP contribution in [0.5, 0.6) is 0 Å². The predicted molar refractivity (Wildman–Crippen MR) is 117 cm³/mol. The molecule has 0 aliphatic heterocycles. The van der Waals surface area contributed by atoms with E-state index in [1.165, 1.54) is 0 Å². The summed E-state index contributed by atoms with van der Waals surface area (Å²) in [6, 6.07) is 7.84. The largest absolute Gasteiger partial charge is 0.333 e. The molecule has 6 heterocycles. The minimum absolute atomic E-state index is 0.602. The second-order valence-corrected chi connectivity index (χ2v) is 7.39. The van der Waals surface area contributed by atoms with Gasteiger partial charge < -0.3 is 9.55 Å². The van der Waals surface area contributed by atoms with E-state index in [1.807, 2.05) is 55.1 Å². The molecule has 6 aromatic rings. The molecule has 9 nitrogen and oxygen atoms in total. The lowest BCUT2D eigenvalue weighted by molar-refractivity contribution is 1.06. The maximum atomic E-state index is 4.87. The summed E-state index contributed by atoms with van der Waals surface area (Å²) in [7, 11) is 0. The maximum Gasteiger partial charge on any atom is 0.180 e. The van der Waals surface area contributed by atoms with Crippen molar-refractivity contribution < 1.29 is 0 Å². The van der Waals surface area contributed by atoms with Crippen LogP contribution >= 0.6 is 0 Å². The Hall–Kier alpha value is -4.40. The number of aryl methyl sites for hydroxylation is 2. The molecule has 0 saturated carbocycles. The van der Waals surface area contributed by atoms with Crippen molar-refractivity contribution in [2.24, 2.45) is 0 Å². The van der Waals surface area contributed by atoms with Crippen LogP contribution in [0.3, 0.4) is 0 Å². The van der Waals surface area contributed by atoms with Gasteiger partial charge >= 0.3 is 0 Å². The Bertz CT molecular complexity index is 1570. The molecule has 2 N–H and O–H groups in total. The number of nitrogens with one attached hydrogen (secondary N) is 2. The van der Waals surface area contributed by atoms with Gasteiger partial charge in [0.2, 0.25) is 0 Å². The Balaban J connectivity index is 1.52. The first-order valence-corrected chi connectivity index (χ1v) is 9.79. The van der Waals surface area contributed by atoms with Crippen LogP contribution in [0.15, 0.2) is 55.4 Å². The molecule has 0 amide bonds. The van der Waals surface area contributed by atoms with E-state index in [0.29, 0.717) is 17.2 Å². The fourth-order valence-corrected chi connectivity index (χ4v) is 3.72. The van der Waals surface area contributed by atoms with Gasteiger partial charge in [0.05, 0.1) is 28.9 Å². The molecule has 0 aliphatic rings. The molecule has 0 radical (unpaired) electrons. The van der Waals surface area contributed by atoms with Gasteiger partial charge in [-0.3, -0.25) is 10.1 Å². The second kappa shape index (κ2) is 6.56. The lowest BCUT2D eigenvalue weighted by atomic mass is 10.1. The molecule has 0 atom stereocenters. The van der Waals surface area contributed by atoms with E-state index in [1.54, 1.807) is 18.7 Å². The molecule has 0 fully saturated rings. The van der Waals surface area contributed by atoms with Gasteiger partial charge in [0, 0.05) is 30.4 Å². The lowest BCUT2D eigenvalue weighted by Crippen LogP contribution is -1.92. The van der Waals surface area contributed by atoms with Gasteiger partial charge in [-0.05, 0) is 43.7 Å². The number of imidazole rings is 2. The lowest BCUT2D eigenvalue weighted by Gasteiger charge is -2.04. The number of hydrogen-bond donors (Lipinski definition) is 2. The van der Waals surface area contributed by atoms with E-state index in [9.17, 15) is 0 Å². The Kier molecular flexibility index (Phi) is 3.69. The van der Waals surface area contributed by atoms with E-state index in [4.69, 9.17) is 4.98 Å². The Labute approximate surface area is 176 Å². The first-order valence-electron chi connectivity index (χ1n) is 9.79. The molecule has 0 aromatic carbocycles. The monoisotopic (exact) mass is 407 g/mol. The minimum Gasteiger partial charge on any atom is -0.333 e. The van der Waals surface area contributed by atoms with E-state index < -0.39 is 0 Å². The third-order valence-corrected chi connectivity index (χ3v) is 5.31. The summed E-state index contributed by atoms with van der Waals surface area (Å²) in [6.07, 6.45) is 9.08. The highest BCUT2D eigenvalue weighted by Gasteiger charge is 2.17. The molecule has 0 aliphatic carbocycles. The smallest absolute Gasteiger partial charge is 0.180 e. The molecule has 0 saturated heterocycles. The van der Waals surface area contributed by atoms with Crippen molar-refractivity contribution in [2.75, 3.05) is 0 Å². The molecule has 0 unspecified atom stereocenters. The van der Waals surface area contributed by atoms with Crippen LogP contribution in [-0.4, -0.2) is 44.7 Å². The van der Waals surface area contributed by atoms with Gasteiger partial charge in [0.1, 0.15) is 11.0 Å². The number of rotatable bonds is 3. The number of fused-ring (bicyclic) bond motifs is 2. The average Bonchev–Trinajstić information content (AvgIpc) is 3.50. The van der Waals surface area contributed by atoms with Crippen LogP contribution in [0.2, 0.25) is 0 Å². The topological polar surface area (TPSA) is 114 Å². The summed E-state index contributed by atoms with van der Waals surface area (Å²) in [5, 5.41) is 7.53. The summed E-state index contributed by atoms with van der Waals surface area (Å²) < 4.78 is 1.95. The molecule has 31 heavy (non-hydrogen) atoms. The number of pyridine rings is 3. The first kappa shape index (κ1) is 17.5. The zero-order chi connectivity index (χ0) is 20.9. The van der Waals surface area contributed by atoms with Gasteiger partial charge in [0.15, 0.2) is 17.2 Å². The fourth-order valence-electron chi connectivity index (χ4n) is 3.72.